The van der Waals surface area contributed by atoms with Crippen LogP contribution in [0.2, 0.25) is 0 Å². The largest absolute Gasteiger partial charge is 0.471 e. The zero-order chi connectivity index (χ0) is 17.3. The van der Waals surface area contributed by atoms with Crippen molar-refractivity contribution in [3.8, 4) is 23.0 Å². The smallest absolute Gasteiger partial charge is 0.128 e. The van der Waals surface area contributed by atoms with Crippen LogP contribution in [-0.2, 0) is 0 Å². The Kier molecular flexibility index (Phi) is 3.39. The van der Waals surface area contributed by atoms with E-state index in [0.29, 0.717) is 0 Å². The molecule has 0 aliphatic carbocycles. The summed E-state index contributed by atoms with van der Waals surface area (Å²) in [6.45, 7) is 0. The molecule has 0 amide bonds. The molecule has 5 rings (SSSR count). The normalized spacial score (nSPS) is 11.1. The molecule has 2 aromatic heterocycles. The van der Waals surface area contributed by atoms with Gasteiger partial charge in [-0.3, -0.25) is 0 Å². The highest BCUT2D eigenvalue weighted by Gasteiger charge is 2.04. The number of fused-ring (bicyclic) bond motifs is 2. The lowest BCUT2D eigenvalue weighted by Crippen LogP contribution is -1.86. The zero-order valence-corrected chi connectivity index (χ0v) is 13.7. The third-order valence-electron chi connectivity index (χ3n) is 4.19. The van der Waals surface area contributed by atoms with Crippen LogP contribution in [0, 0.1) is 0 Å². The minimum atomic E-state index is 0.741. The molecule has 0 aliphatic heterocycles. The second-order valence-electron chi connectivity index (χ2n) is 6.00. The maximum absolute atomic E-state index is 5.90. The third-order valence-corrected chi connectivity index (χ3v) is 4.19. The first-order valence-corrected chi connectivity index (χ1v) is 8.21. The van der Waals surface area contributed by atoms with Crippen LogP contribution in [0.3, 0.4) is 0 Å². The van der Waals surface area contributed by atoms with Crippen molar-refractivity contribution in [3.05, 3.63) is 85.7 Å². The molecule has 0 fully saturated rings. The topological polar surface area (TPSA) is 44.7 Å². The van der Waals surface area contributed by atoms with Gasteiger partial charge in [0, 0.05) is 21.5 Å². The summed E-state index contributed by atoms with van der Waals surface area (Å²) in [5.41, 5.74) is 0. The molecule has 2 heterocycles. The average Bonchev–Trinajstić information content (AvgIpc) is 3.31. The van der Waals surface area contributed by atoms with E-state index in [-0.39, 0.29) is 0 Å². The number of hydrogen-bond acceptors (Lipinski definition) is 4. The van der Waals surface area contributed by atoms with Crippen molar-refractivity contribution in [2.75, 3.05) is 0 Å². The molecular weight excluding hydrogens is 328 g/mol. The van der Waals surface area contributed by atoms with Gasteiger partial charge in [-0.1, -0.05) is 0 Å². The van der Waals surface area contributed by atoms with Gasteiger partial charge < -0.3 is 18.3 Å². The molecule has 0 saturated carbocycles. The van der Waals surface area contributed by atoms with E-state index >= 15 is 0 Å². The first-order chi connectivity index (χ1) is 12.8. The Morgan fingerprint density at radius 3 is 1.27 bits per heavy atom. The molecule has 0 unspecified atom stereocenters. The minimum absolute atomic E-state index is 0.741. The zero-order valence-electron chi connectivity index (χ0n) is 13.7. The molecule has 0 N–H and O–H groups in total. The Labute approximate surface area is 149 Å². The fourth-order valence-electron chi connectivity index (χ4n) is 2.86. The fraction of sp³-hybridized carbons (Fsp3) is 0. The molecule has 0 radical (unpaired) electrons. The van der Waals surface area contributed by atoms with E-state index in [1.54, 1.807) is 25.1 Å². The number of benzene rings is 3. The molecule has 26 heavy (non-hydrogen) atoms. The molecule has 3 aromatic carbocycles. The molecule has 4 nitrogen and oxygen atoms in total. The monoisotopic (exact) mass is 342 g/mol. The predicted octanol–water partition coefficient (Wildman–Crippen LogP) is 6.76. The summed E-state index contributed by atoms with van der Waals surface area (Å²) >= 11 is 0. The van der Waals surface area contributed by atoms with Gasteiger partial charge in [-0.05, 0) is 60.7 Å². The first kappa shape index (κ1) is 14.7. The highest BCUT2D eigenvalue weighted by atomic mass is 16.5. The van der Waals surface area contributed by atoms with Crippen LogP contribution in [0.25, 0.3) is 21.5 Å². The van der Waals surface area contributed by atoms with E-state index < -0.39 is 0 Å². The van der Waals surface area contributed by atoms with E-state index in [1.807, 2.05) is 60.7 Å². The van der Waals surface area contributed by atoms with Gasteiger partial charge in [-0.25, -0.2) is 0 Å². The SMILES string of the molecule is c1cc(Oc2ccc3cocc3c2)ccc1Oc1ccc2cocc2c1. The van der Waals surface area contributed by atoms with Crippen LogP contribution in [0.4, 0.5) is 0 Å². The Balaban J connectivity index is 1.33. The van der Waals surface area contributed by atoms with Gasteiger partial charge >= 0.3 is 0 Å². The molecule has 0 atom stereocenters. The first-order valence-electron chi connectivity index (χ1n) is 8.21. The Hall–Kier alpha value is -3.66. The van der Waals surface area contributed by atoms with Crippen molar-refractivity contribution < 1.29 is 18.3 Å². The van der Waals surface area contributed by atoms with Crippen molar-refractivity contribution in [2.24, 2.45) is 0 Å². The predicted molar refractivity (Wildman–Crippen MR) is 99.0 cm³/mol. The lowest BCUT2D eigenvalue weighted by molar-refractivity contribution is 0.470. The standard InChI is InChI=1S/C22H14O4/c1-3-21(9-17-13-23-11-15(1)17)25-19-5-7-20(8-6-19)26-22-4-2-16-12-24-14-18(16)10-22/h1-14H. The molecule has 5 aromatic rings. The lowest BCUT2D eigenvalue weighted by atomic mass is 10.2. The van der Waals surface area contributed by atoms with Gasteiger partial charge in [-0.15, -0.1) is 0 Å². The van der Waals surface area contributed by atoms with E-state index in [4.69, 9.17) is 18.3 Å². The van der Waals surface area contributed by atoms with Gasteiger partial charge in [0.15, 0.2) is 0 Å². The third kappa shape index (κ3) is 2.78. The van der Waals surface area contributed by atoms with Crippen molar-refractivity contribution in [1.29, 1.82) is 0 Å². The Morgan fingerprint density at radius 1 is 0.423 bits per heavy atom. The Bertz CT molecular complexity index is 1090. The highest BCUT2D eigenvalue weighted by Crippen LogP contribution is 2.30. The second kappa shape index (κ2) is 6.01. The summed E-state index contributed by atoms with van der Waals surface area (Å²) < 4.78 is 22.2. The fourth-order valence-corrected chi connectivity index (χ4v) is 2.86. The minimum Gasteiger partial charge on any atom is -0.471 e. The number of hydrogen-bond donors (Lipinski definition) is 0. The van der Waals surface area contributed by atoms with E-state index in [9.17, 15) is 0 Å². The van der Waals surface area contributed by atoms with Crippen LogP contribution in [0.1, 0.15) is 0 Å². The average molecular weight is 342 g/mol. The number of ether oxygens (including phenoxy) is 2. The van der Waals surface area contributed by atoms with Gasteiger partial charge in [0.25, 0.3) is 0 Å². The molecule has 0 aliphatic rings. The lowest BCUT2D eigenvalue weighted by Gasteiger charge is -2.08. The molecule has 4 heteroatoms. The van der Waals surface area contributed by atoms with Gasteiger partial charge in [0.2, 0.25) is 0 Å². The molecular formula is C22H14O4. The highest BCUT2D eigenvalue weighted by molar-refractivity contribution is 5.83. The summed E-state index contributed by atoms with van der Waals surface area (Å²) in [7, 11) is 0. The molecule has 0 bridgehead atoms. The molecule has 0 spiro atoms. The summed E-state index contributed by atoms with van der Waals surface area (Å²) in [6.07, 6.45) is 6.84. The van der Waals surface area contributed by atoms with Gasteiger partial charge in [0.1, 0.15) is 23.0 Å². The maximum atomic E-state index is 5.90. The van der Waals surface area contributed by atoms with Crippen molar-refractivity contribution in [3.63, 3.8) is 0 Å². The van der Waals surface area contributed by atoms with Gasteiger partial charge in [0.05, 0.1) is 25.1 Å². The van der Waals surface area contributed by atoms with E-state index in [0.717, 1.165) is 44.5 Å². The van der Waals surface area contributed by atoms with Crippen LogP contribution in [0.15, 0.2) is 94.6 Å². The number of furan rings is 2. The summed E-state index contributed by atoms with van der Waals surface area (Å²) in [5.74, 6) is 3.01. The molecule has 0 saturated heterocycles. The summed E-state index contributed by atoms with van der Waals surface area (Å²) in [5, 5.41) is 4.13. The van der Waals surface area contributed by atoms with Gasteiger partial charge in [-0.2, -0.15) is 0 Å². The van der Waals surface area contributed by atoms with Crippen LogP contribution in [0.5, 0.6) is 23.0 Å². The van der Waals surface area contributed by atoms with Crippen LogP contribution in [-0.4, -0.2) is 0 Å². The van der Waals surface area contributed by atoms with Crippen LogP contribution < -0.4 is 9.47 Å². The van der Waals surface area contributed by atoms with Crippen molar-refractivity contribution >= 4 is 21.5 Å². The quantitative estimate of drug-likeness (QED) is 0.362. The molecule has 126 valence electrons. The van der Waals surface area contributed by atoms with E-state index in [1.165, 1.54) is 0 Å². The Morgan fingerprint density at radius 2 is 0.808 bits per heavy atom. The second-order valence-corrected chi connectivity index (χ2v) is 6.00. The van der Waals surface area contributed by atoms with Crippen LogP contribution >= 0.6 is 0 Å². The maximum Gasteiger partial charge on any atom is 0.128 e. The van der Waals surface area contributed by atoms with Crippen molar-refractivity contribution in [2.45, 2.75) is 0 Å². The van der Waals surface area contributed by atoms with Crippen molar-refractivity contribution in [1.82, 2.24) is 0 Å². The number of rotatable bonds is 4. The summed E-state index contributed by atoms with van der Waals surface area (Å²) in [4.78, 5) is 0. The van der Waals surface area contributed by atoms with E-state index in [2.05, 4.69) is 0 Å². The summed E-state index contributed by atoms with van der Waals surface area (Å²) in [6, 6.07) is 19.2.